The lowest BCUT2D eigenvalue weighted by atomic mass is 10.2. The van der Waals surface area contributed by atoms with Gasteiger partial charge < -0.3 is 10.1 Å². The molecule has 3 aromatic rings. The number of hydrogen-bond acceptors (Lipinski definition) is 6. The fraction of sp³-hybridized carbons (Fsp3) is 0.300. The first-order valence-corrected chi connectivity index (χ1v) is 10.7. The first-order valence-electron chi connectivity index (χ1n) is 9.12. The lowest BCUT2D eigenvalue weighted by Crippen LogP contribution is -2.25. The summed E-state index contributed by atoms with van der Waals surface area (Å²) in [5, 5.41) is 4.24. The van der Waals surface area contributed by atoms with Crippen molar-refractivity contribution in [3.8, 4) is 5.75 Å². The summed E-state index contributed by atoms with van der Waals surface area (Å²) in [5.74, 6) is 2.35. The zero-order chi connectivity index (χ0) is 19.7. The number of nitrogens with one attached hydrogen (secondary N) is 1. The van der Waals surface area contributed by atoms with Gasteiger partial charge in [0.25, 0.3) is 0 Å². The molecular weight excluding hydrogens is 376 g/mol. The summed E-state index contributed by atoms with van der Waals surface area (Å²) in [7, 11) is -1.56. The maximum absolute atomic E-state index is 12.2. The van der Waals surface area contributed by atoms with E-state index in [0.29, 0.717) is 31.0 Å². The van der Waals surface area contributed by atoms with Gasteiger partial charge in [-0.2, -0.15) is 0 Å². The summed E-state index contributed by atoms with van der Waals surface area (Å²) >= 11 is 0. The molecule has 0 saturated carbocycles. The molecule has 4 rings (SSSR count). The molecule has 1 aliphatic rings. The number of fused-ring (bicyclic) bond motifs is 1. The van der Waals surface area contributed by atoms with Gasteiger partial charge >= 0.3 is 0 Å². The molecule has 0 bridgehead atoms. The normalized spacial score (nSPS) is 15.7. The molecule has 2 heterocycles. The minimum absolute atomic E-state index is 0.212. The number of benzene rings is 2. The highest BCUT2D eigenvalue weighted by Crippen LogP contribution is 2.27. The Kier molecular flexibility index (Phi) is 4.80. The van der Waals surface area contributed by atoms with Gasteiger partial charge in [-0.05, 0) is 49.2 Å². The van der Waals surface area contributed by atoms with Crippen molar-refractivity contribution in [3.05, 3.63) is 53.9 Å². The van der Waals surface area contributed by atoms with E-state index in [9.17, 15) is 8.42 Å². The van der Waals surface area contributed by atoms with Gasteiger partial charge in [0.2, 0.25) is 10.0 Å². The third-order valence-electron chi connectivity index (χ3n) is 4.77. The first kappa shape index (κ1) is 18.5. The Labute approximate surface area is 164 Å². The van der Waals surface area contributed by atoms with Crippen molar-refractivity contribution in [1.29, 1.82) is 0 Å². The van der Waals surface area contributed by atoms with Gasteiger partial charge in [-0.1, -0.05) is 12.1 Å². The van der Waals surface area contributed by atoms with Crippen LogP contribution in [0.15, 0.2) is 42.5 Å². The lowest BCUT2D eigenvalue weighted by molar-refractivity contribution is 0.415. The molecule has 2 aromatic carbocycles. The number of rotatable bonds is 5. The molecular formula is C20H22N4O3S. The van der Waals surface area contributed by atoms with Crippen molar-refractivity contribution in [2.24, 2.45) is 0 Å². The van der Waals surface area contributed by atoms with Crippen LogP contribution in [0.3, 0.4) is 0 Å². The molecule has 1 fully saturated rings. The molecule has 1 saturated heterocycles. The zero-order valence-electron chi connectivity index (χ0n) is 15.8. The van der Waals surface area contributed by atoms with Crippen molar-refractivity contribution >= 4 is 32.4 Å². The van der Waals surface area contributed by atoms with Crippen LogP contribution in [-0.4, -0.2) is 37.8 Å². The van der Waals surface area contributed by atoms with Gasteiger partial charge in [0.1, 0.15) is 17.4 Å². The molecule has 1 aliphatic heterocycles. The Morgan fingerprint density at radius 2 is 2.04 bits per heavy atom. The van der Waals surface area contributed by atoms with Crippen LogP contribution in [0.25, 0.3) is 10.9 Å². The second kappa shape index (κ2) is 7.27. The summed E-state index contributed by atoms with van der Waals surface area (Å²) in [6.45, 7) is 2.91. The highest BCUT2D eigenvalue weighted by Gasteiger charge is 2.28. The van der Waals surface area contributed by atoms with Crippen molar-refractivity contribution in [1.82, 2.24) is 9.97 Å². The topological polar surface area (TPSA) is 84.4 Å². The highest BCUT2D eigenvalue weighted by atomic mass is 32.2. The average Bonchev–Trinajstić information content (AvgIpc) is 3.05. The van der Waals surface area contributed by atoms with Gasteiger partial charge in [0.05, 0.1) is 24.1 Å². The minimum Gasteiger partial charge on any atom is -0.497 e. The zero-order valence-corrected chi connectivity index (χ0v) is 16.7. The van der Waals surface area contributed by atoms with E-state index < -0.39 is 10.0 Å². The van der Waals surface area contributed by atoms with Crippen molar-refractivity contribution in [3.63, 3.8) is 0 Å². The average molecular weight is 398 g/mol. The van der Waals surface area contributed by atoms with Crippen molar-refractivity contribution in [2.75, 3.05) is 29.0 Å². The quantitative estimate of drug-likeness (QED) is 0.711. The molecule has 1 N–H and O–H groups in total. The largest absolute Gasteiger partial charge is 0.497 e. The van der Waals surface area contributed by atoms with E-state index in [4.69, 9.17) is 4.74 Å². The number of methoxy groups -OCH3 is 1. The Balaban J connectivity index is 1.61. The summed E-state index contributed by atoms with van der Waals surface area (Å²) in [5.41, 5.74) is 2.53. The molecule has 0 atom stereocenters. The predicted molar refractivity (Wildman–Crippen MR) is 110 cm³/mol. The van der Waals surface area contributed by atoms with E-state index in [2.05, 4.69) is 15.3 Å². The molecule has 8 heteroatoms. The van der Waals surface area contributed by atoms with Crippen LogP contribution in [-0.2, 0) is 16.6 Å². The van der Waals surface area contributed by atoms with Crippen molar-refractivity contribution in [2.45, 2.75) is 19.9 Å². The van der Waals surface area contributed by atoms with Crippen LogP contribution in [0.2, 0.25) is 0 Å². The third-order valence-corrected chi connectivity index (χ3v) is 6.64. The fourth-order valence-corrected chi connectivity index (χ4v) is 4.98. The number of ether oxygens (including phenoxy) is 1. The molecule has 28 heavy (non-hydrogen) atoms. The monoisotopic (exact) mass is 398 g/mol. The maximum atomic E-state index is 12.2. The molecule has 0 aliphatic carbocycles. The van der Waals surface area contributed by atoms with Gasteiger partial charge in [0.15, 0.2) is 0 Å². The second-order valence-electron chi connectivity index (χ2n) is 6.77. The Bertz CT molecular complexity index is 1130. The van der Waals surface area contributed by atoms with Crippen LogP contribution >= 0.6 is 0 Å². The van der Waals surface area contributed by atoms with E-state index >= 15 is 0 Å². The van der Waals surface area contributed by atoms with Crippen molar-refractivity contribution < 1.29 is 13.2 Å². The van der Waals surface area contributed by atoms with Crippen LogP contribution in [0.5, 0.6) is 5.75 Å². The number of aryl methyl sites for hydroxylation is 1. The van der Waals surface area contributed by atoms with Crippen LogP contribution in [0.1, 0.15) is 17.8 Å². The maximum Gasteiger partial charge on any atom is 0.235 e. The summed E-state index contributed by atoms with van der Waals surface area (Å²) in [6.07, 6.45) is 0.666. The molecule has 1 aromatic heterocycles. The standard InChI is InChI=1S/C20H22N4O3S/c1-14-22-19-8-7-17(27-2)12-18(19)20(23-14)21-13-15-5-3-6-16(11-15)24-9-4-10-28(24,25)26/h3,5-8,11-12H,4,9-10,13H2,1-2H3,(H,21,22,23). The Hall–Kier alpha value is -2.87. The highest BCUT2D eigenvalue weighted by molar-refractivity contribution is 7.93. The molecule has 0 spiro atoms. The van der Waals surface area contributed by atoms with E-state index in [1.54, 1.807) is 7.11 Å². The molecule has 0 radical (unpaired) electrons. The number of hydrogen-bond donors (Lipinski definition) is 1. The number of aromatic nitrogens is 2. The summed E-state index contributed by atoms with van der Waals surface area (Å²) < 4.78 is 31.2. The van der Waals surface area contributed by atoms with Gasteiger partial charge in [-0.25, -0.2) is 18.4 Å². The van der Waals surface area contributed by atoms with Gasteiger partial charge in [-0.3, -0.25) is 4.31 Å². The van der Waals surface area contributed by atoms with E-state index in [0.717, 1.165) is 28.0 Å². The smallest absolute Gasteiger partial charge is 0.235 e. The van der Waals surface area contributed by atoms with Gasteiger partial charge in [-0.15, -0.1) is 0 Å². The molecule has 0 unspecified atom stereocenters. The van der Waals surface area contributed by atoms with E-state index in [1.165, 1.54) is 4.31 Å². The van der Waals surface area contributed by atoms with E-state index in [1.807, 2.05) is 49.4 Å². The number of sulfonamides is 1. The lowest BCUT2D eigenvalue weighted by Gasteiger charge is -2.18. The molecule has 0 amide bonds. The molecule has 146 valence electrons. The fourth-order valence-electron chi connectivity index (χ4n) is 3.42. The summed E-state index contributed by atoms with van der Waals surface area (Å²) in [6, 6.07) is 13.3. The minimum atomic E-state index is -3.19. The Morgan fingerprint density at radius 1 is 1.18 bits per heavy atom. The number of anilines is 2. The SMILES string of the molecule is COc1ccc2nc(C)nc(NCc3cccc(N4CCCS4(=O)=O)c3)c2c1. The van der Waals surface area contributed by atoms with Crippen LogP contribution in [0.4, 0.5) is 11.5 Å². The second-order valence-corrected chi connectivity index (χ2v) is 8.78. The van der Waals surface area contributed by atoms with Crippen LogP contribution in [0, 0.1) is 6.92 Å². The molecule has 7 nitrogen and oxygen atoms in total. The Morgan fingerprint density at radius 3 is 2.79 bits per heavy atom. The number of nitrogens with zero attached hydrogens (tertiary/aromatic N) is 3. The van der Waals surface area contributed by atoms with Crippen LogP contribution < -0.4 is 14.4 Å². The van der Waals surface area contributed by atoms with E-state index in [-0.39, 0.29) is 5.75 Å². The predicted octanol–water partition coefficient (Wildman–Crippen LogP) is 3.10. The third kappa shape index (κ3) is 3.60. The first-order chi connectivity index (χ1) is 13.5. The van der Waals surface area contributed by atoms with Gasteiger partial charge in [0, 0.05) is 18.5 Å². The summed E-state index contributed by atoms with van der Waals surface area (Å²) in [4.78, 5) is 9.00.